The smallest absolute Gasteiger partial charge is 0.322 e. The number of primary amides is 1. The van der Waals surface area contributed by atoms with Crippen LogP contribution >= 0.6 is 0 Å². The van der Waals surface area contributed by atoms with Gasteiger partial charge in [-0.15, -0.1) is 0 Å². The van der Waals surface area contributed by atoms with E-state index in [1.165, 1.54) is 13.8 Å². The van der Waals surface area contributed by atoms with E-state index < -0.39 is 85.1 Å². The van der Waals surface area contributed by atoms with Gasteiger partial charge in [0.2, 0.25) is 29.5 Å². The standard InChI is InChI=1S/C21H35N7O9/c1-5-15(30)26-13(7-17(32)33)20(36)28-21(37)25-11(4)18(34)27-12(6-10(2)3)19(35)24-9-16(31)23-8-14(22)29/h10-13H,5-9H2,1-4H3,(H2,22,29)(H,23,31)(H,24,35)(H,26,30)(H,27,34)(H,32,33)(H2,25,28,36,37). The lowest BCUT2D eigenvalue weighted by Gasteiger charge is -2.23. The van der Waals surface area contributed by atoms with Crippen molar-refractivity contribution in [2.24, 2.45) is 11.7 Å². The first-order chi connectivity index (χ1) is 17.2. The number of nitrogens with two attached hydrogens (primary N) is 1. The summed E-state index contributed by atoms with van der Waals surface area (Å²) in [6, 6.07) is -4.96. The highest BCUT2D eigenvalue weighted by Gasteiger charge is 2.28. The maximum atomic E-state index is 12.6. The van der Waals surface area contributed by atoms with Crippen molar-refractivity contribution in [1.29, 1.82) is 0 Å². The molecule has 0 aliphatic rings. The van der Waals surface area contributed by atoms with E-state index in [0.717, 1.165) is 0 Å². The van der Waals surface area contributed by atoms with E-state index >= 15 is 0 Å². The van der Waals surface area contributed by atoms with Crippen LogP contribution in [0.5, 0.6) is 0 Å². The van der Waals surface area contributed by atoms with Crippen LogP contribution in [0.4, 0.5) is 4.79 Å². The average Bonchev–Trinajstić information content (AvgIpc) is 2.79. The first-order valence-corrected chi connectivity index (χ1v) is 11.4. The fourth-order valence-corrected chi connectivity index (χ4v) is 2.72. The number of carboxylic acid groups (broad SMARTS) is 1. The van der Waals surface area contributed by atoms with E-state index in [0.29, 0.717) is 0 Å². The number of urea groups is 1. The van der Waals surface area contributed by atoms with Gasteiger partial charge in [0.25, 0.3) is 5.91 Å². The lowest BCUT2D eigenvalue weighted by Crippen LogP contribution is -2.57. The summed E-state index contributed by atoms with van der Waals surface area (Å²) < 4.78 is 0. The van der Waals surface area contributed by atoms with E-state index in [9.17, 15) is 38.4 Å². The van der Waals surface area contributed by atoms with E-state index in [-0.39, 0.29) is 18.8 Å². The van der Waals surface area contributed by atoms with Crippen LogP contribution < -0.4 is 37.6 Å². The highest BCUT2D eigenvalue weighted by atomic mass is 16.4. The van der Waals surface area contributed by atoms with Gasteiger partial charge in [0.1, 0.15) is 18.1 Å². The number of rotatable bonds is 15. The van der Waals surface area contributed by atoms with Gasteiger partial charge in [0.05, 0.1) is 19.5 Å². The maximum absolute atomic E-state index is 12.6. The van der Waals surface area contributed by atoms with Crippen molar-refractivity contribution in [3.63, 3.8) is 0 Å². The van der Waals surface area contributed by atoms with Crippen LogP contribution in [0, 0.1) is 5.92 Å². The van der Waals surface area contributed by atoms with Gasteiger partial charge >= 0.3 is 12.0 Å². The van der Waals surface area contributed by atoms with E-state index in [4.69, 9.17) is 10.8 Å². The monoisotopic (exact) mass is 529 g/mol. The number of carbonyl (C=O) groups is 8. The van der Waals surface area contributed by atoms with Crippen molar-refractivity contribution in [3.8, 4) is 0 Å². The third-order valence-electron chi connectivity index (χ3n) is 4.55. The SMILES string of the molecule is CCC(=O)NC(CC(=O)O)C(=O)NC(=O)NC(C)C(=O)NC(CC(C)C)C(=O)NCC(=O)NCC(N)=O. The topological polar surface area (TPSA) is 255 Å². The molecule has 0 heterocycles. The van der Waals surface area contributed by atoms with Gasteiger partial charge in [-0.1, -0.05) is 20.8 Å². The summed E-state index contributed by atoms with van der Waals surface area (Å²) in [5.74, 6) is -6.04. The molecule has 16 heteroatoms. The number of nitrogens with one attached hydrogen (secondary N) is 6. The molecule has 8 amide bonds. The predicted octanol–water partition coefficient (Wildman–Crippen LogP) is -3.18. The fraction of sp³-hybridized carbons (Fsp3) is 0.619. The van der Waals surface area contributed by atoms with Crippen molar-refractivity contribution >= 4 is 47.4 Å². The number of carboxylic acids is 1. The number of carbonyl (C=O) groups excluding carboxylic acids is 7. The summed E-state index contributed by atoms with van der Waals surface area (Å²) in [5.41, 5.74) is 4.92. The molecular weight excluding hydrogens is 494 g/mol. The highest BCUT2D eigenvalue weighted by molar-refractivity contribution is 6.01. The van der Waals surface area contributed by atoms with Gasteiger partial charge in [-0.05, 0) is 19.3 Å². The van der Waals surface area contributed by atoms with Crippen LogP contribution in [-0.2, 0) is 33.6 Å². The van der Waals surface area contributed by atoms with Crippen molar-refractivity contribution in [2.75, 3.05) is 13.1 Å². The molecule has 0 aromatic carbocycles. The van der Waals surface area contributed by atoms with Crippen molar-refractivity contribution < 1.29 is 43.5 Å². The molecule has 0 aliphatic carbocycles. The Balaban J connectivity index is 5.02. The number of imide groups is 1. The normalized spacial score (nSPS) is 12.8. The Kier molecular flexibility index (Phi) is 14.6. The third-order valence-corrected chi connectivity index (χ3v) is 4.55. The Bertz CT molecular complexity index is 892. The molecule has 37 heavy (non-hydrogen) atoms. The summed E-state index contributed by atoms with van der Waals surface area (Å²) >= 11 is 0. The zero-order valence-electron chi connectivity index (χ0n) is 21.1. The number of hydrogen-bond donors (Lipinski definition) is 8. The lowest BCUT2D eigenvalue weighted by molar-refractivity contribution is -0.140. The average molecular weight is 530 g/mol. The molecule has 9 N–H and O–H groups in total. The first kappa shape index (κ1) is 32.8. The molecule has 0 saturated carbocycles. The molecule has 3 unspecified atom stereocenters. The van der Waals surface area contributed by atoms with Crippen molar-refractivity contribution in [3.05, 3.63) is 0 Å². The largest absolute Gasteiger partial charge is 0.481 e. The summed E-state index contributed by atoms with van der Waals surface area (Å²) in [6.45, 7) is 5.46. The Morgan fingerprint density at radius 3 is 1.89 bits per heavy atom. The molecule has 0 aliphatic heterocycles. The number of amides is 8. The van der Waals surface area contributed by atoms with Gasteiger partial charge < -0.3 is 37.4 Å². The maximum Gasteiger partial charge on any atom is 0.322 e. The summed E-state index contributed by atoms with van der Waals surface area (Å²) in [5, 5.41) is 22.1. The lowest BCUT2D eigenvalue weighted by atomic mass is 10.0. The van der Waals surface area contributed by atoms with Gasteiger partial charge in [-0.2, -0.15) is 0 Å². The summed E-state index contributed by atoms with van der Waals surface area (Å²) in [7, 11) is 0. The molecule has 3 atom stereocenters. The molecule has 0 saturated heterocycles. The second-order valence-corrected chi connectivity index (χ2v) is 8.41. The third kappa shape index (κ3) is 14.7. The molecule has 0 aromatic rings. The molecule has 0 bridgehead atoms. The predicted molar refractivity (Wildman–Crippen MR) is 127 cm³/mol. The van der Waals surface area contributed by atoms with Crippen molar-refractivity contribution in [2.45, 2.75) is 65.1 Å². The fourth-order valence-electron chi connectivity index (χ4n) is 2.72. The Morgan fingerprint density at radius 1 is 0.757 bits per heavy atom. The van der Waals surface area contributed by atoms with E-state index in [1.807, 2.05) is 5.32 Å². The van der Waals surface area contributed by atoms with Crippen LogP contribution in [0.25, 0.3) is 0 Å². The highest BCUT2D eigenvalue weighted by Crippen LogP contribution is 2.05. The summed E-state index contributed by atoms with van der Waals surface area (Å²) in [6.07, 6.45) is -0.602. The van der Waals surface area contributed by atoms with Crippen LogP contribution in [-0.4, -0.2) is 83.8 Å². The quantitative estimate of drug-likeness (QED) is 0.106. The van der Waals surface area contributed by atoms with Gasteiger partial charge in [0.15, 0.2) is 0 Å². The summed E-state index contributed by atoms with van der Waals surface area (Å²) in [4.78, 5) is 94.3. The molecular formula is C21H35N7O9. The van der Waals surface area contributed by atoms with Gasteiger partial charge in [0, 0.05) is 6.42 Å². The van der Waals surface area contributed by atoms with Gasteiger partial charge in [-0.3, -0.25) is 38.9 Å². The minimum Gasteiger partial charge on any atom is -0.481 e. The van der Waals surface area contributed by atoms with Crippen LogP contribution in [0.1, 0.15) is 47.0 Å². The van der Waals surface area contributed by atoms with E-state index in [1.54, 1.807) is 13.8 Å². The zero-order chi connectivity index (χ0) is 28.7. The van der Waals surface area contributed by atoms with Gasteiger partial charge in [-0.25, -0.2) is 4.79 Å². The Labute approximate surface area is 213 Å². The van der Waals surface area contributed by atoms with Crippen LogP contribution in [0.2, 0.25) is 0 Å². The molecule has 0 fully saturated rings. The Hall–Kier alpha value is -4.24. The number of hydrogen-bond acceptors (Lipinski definition) is 8. The van der Waals surface area contributed by atoms with E-state index in [2.05, 4.69) is 26.6 Å². The molecule has 16 nitrogen and oxygen atoms in total. The molecule has 208 valence electrons. The second kappa shape index (κ2) is 16.4. The number of aliphatic carboxylic acids is 1. The zero-order valence-corrected chi connectivity index (χ0v) is 21.1. The second-order valence-electron chi connectivity index (χ2n) is 8.41. The molecule has 0 rings (SSSR count). The minimum atomic E-state index is -1.51. The molecule has 0 aromatic heterocycles. The Morgan fingerprint density at radius 2 is 1.38 bits per heavy atom. The minimum absolute atomic E-state index is 0.0179. The van der Waals surface area contributed by atoms with Crippen LogP contribution in [0.3, 0.4) is 0 Å². The molecule has 0 spiro atoms. The first-order valence-electron chi connectivity index (χ1n) is 11.4. The molecule has 0 radical (unpaired) electrons. The van der Waals surface area contributed by atoms with Crippen LogP contribution in [0.15, 0.2) is 0 Å². The van der Waals surface area contributed by atoms with Crippen molar-refractivity contribution in [1.82, 2.24) is 31.9 Å².